The van der Waals surface area contributed by atoms with Crippen molar-refractivity contribution in [2.75, 3.05) is 39.8 Å². The van der Waals surface area contributed by atoms with Crippen LogP contribution in [0.4, 0.5) is 0 Å². The number of hydrogen-bond acceptors (Lipinski definition) is 4. The van der Waals surface area contributed by atoms with E-state index < -0.39 is 0 Å². The smallest absolute Gasteiger partial charge is 0.251 e. The molecule has 0 saturated carbocycles. The van der Waals surface area contributed by atoms with Crippen molar-refractivity contribution in [2.24, 2.45) is 5.73 Å². The quantitative estimate of drug-likeness (QED) is 0.821. The summed E-state index contributed by atoms with van der Waals surface area (Å²) < 4.78 is 0. The van der Waals surface area contributed by atoms with Gasteiger partial charge in [0, 0.05) is 50.4 Å². The molecular weight excluding hydrogens is 347 g/mol. The lowest BCUT2D eigenvalue weighted by atomic mass is 10.0. The second-order valence-electron chi connectivity index (χ2n) is 6.82. The Morgan fingerprint density at radius 3 is 2.17 bits per heavy atom. The first-order chi connectivity index (χ1) is 10.4. The number of piperazine rings is 1. The third-order valence-corrected chi connectivity index (χ3v) is 4.18. The fraction of sp³-hybridized carbons (Fsp3) is 0.588. The van der Waals surface area contributed by atoms with E-state index in [1.807, 2.05) is 38.1 Å². The van der Waals surface area contributed by atoms with E-state index in [4.69, 9.17) is 5.73 Å². The Balaban J connectivity index is 0.00000264. The van der Waals surface area contributed by atoms with Gasteiger partial charge in [0.25, 0.3) is 5.91 Å². The van der Waals surface area contributed by atoms with Crippen molar-refractivity contribution in [3.05, 3.63) is 35.4 Å². The summed E-state index contributed by atoms with van der Waals surface area (Å²) in [7, 11) is 2.16. The summed E-state index contributed by atoms with van der Waals surface area (Å²) in [6.45, 7) is 9.65. The van der Waals surface area contributed by atoms with Gasteiger partial charge in [0.15, 0.2) is 0 Å². The number of nitrogens with zero attached hydrogens (tertiary/aromatic N) is 2. The fourth-order valence-corrected chi connectivity index (χ4v) is 2.46. The van der Waals surface area contributed by atoms with Gasteiger partial charge in [-0.1, -0.05) is 12.1 Å². The number of carbonyl (C=O) groups excluding carboxylic acids is 1. The minimum Gasteiger partial charge on any atom is -0.346 e. The monoisotopic (exact) mass is 376 g/mol. The molecule has 1 heterocycles. The molecule has 0 bridgehead atoms. The predicted molar refractivity (Wildman–Crippen MR) is 104 cm³/mol. The summed E-state index contributed by atoms with van der Waals surface area (Å²) in [6, 6.07) is 7.88. The molecule has 7 heteroatoms. The van der Waals surface area contributed by atoms with Crippen molar-refractivity contribution in [2.45, 2.75) is 25.9 Å². The Bertz CT molecular complexity index is 500. The Labute approximate surface area is 157 Å². The van der Waals surface area contributed by atoms with Crippen molar-refractivity contribution in [1.29, 1.82) is 0 Å². The van der Waals surface area contributed by atoms with Crippen LogP contribution in [-0.4, -0.2) is 61.0 Å². The molecular formula is C17H30Cl2N4O. The van der Waals surface area contributed by atoms with Crippen LogP contribution in [0.15, 0.2) is 24.3 Å². The topological polar surface area (TPSA) is 61.6 Å². The summed E-state index contributed by atoms with van der Waals surface area (Å²) in [5.41, 5.74) is 7.20. The molecule has 2 rings (SSSR count). The third-order valence-electron chi connectivity index (χ3n) is 4.18. The molecule has 1 aliphatic rings. The van der Waals surface area contributed by atoms with Gasteiger partial charge >= 0.3 is 0 Å². The van der Waals surface area contributed by atoms with Crippen molar-refractivity contribution in [3.8, 4) is 0 Å². The zero-order valence-electron chi connectivity index (χ0n) is 14.7. The standard InChI is InChI=1S/C17H28N4O.2ClH/c1-17(2,13-18)19-16(22)15-6-4-14(5-7-15)12-21-10-8-20(3)9-11-21;;/h4-7H,8-13,18H2,1-3H3,(H,19,22);2*1H. The number of likely N-dealkylation sites (N-methyl/N-ethyl adjacent to an activating group) is 1. The van der Waals surface area contributed by atoms with Gasteiger partial charge < -0.3 is 16.0 Å². The Morgan fingerprint density at radius 1 is 1.12 bits per heavy atom. The number of amides is 1. The summed E-state index contributed by atoms with van der Waals surface area (Å²) in [5, 5.41) is 2.95. The van der Waals surface area contributed by atoms with Crippen LogP contribution >= 0.6 is 24.8 Å². The summed E-state index contributed by atoms with van der Waals surface area (Å²) in [6.07, 6.45) is 0. The average molecular weight is 377 g/mol. The molecule has 1 aromatic rings. The normalized spacial score (nSPS) is 16.0. The van der Waals surface area contributed by atoms with Gasteiger partial charge in [0.1, 0.15) is 0 Å². The van der Waals surface area contributed by atoms with Gasteiger partial charge in [0.2, 0.25) is 0 Å². The minimum absolute atomic E-state index is 0. The SMILES string of the molecule is CN1CCN(Cc2ccc(C(=O)NC(C)(C)CN)cc2)CC1.Cl.Cl. The number of nitrogens with one attached hydrogen (secondary N) is 1. The van der Waals surface area contributed by atoms with E-state index in [0.29, 0.717) is 12.1 Å². The molecule has 1 aliphatic heterocycles. The fourth-order valence-electron chi connectivity index (χ4n) is 2.46. The van der Waals surface area contributed by atoms with Crippen LogP contribution in [0, 0.1) is 0 Å². The van der Waals surface area contributed by atoms with E-state index in [0.717, 1.165) is 32.7 Å². The van der Waals surface area contributed by atoms with Crippen LogP contribution in [0.3, 0.4) is 0 Å². The zero-order chi connectivity index (χ0) is 16.2. The maximum atomic E-state index is 12.2. The van der Waals surface area contributed by atoms with Crippen LogP contribution < -0.4 is 11.1 Å². The number of halogens is 2. The molecule has 0 atom stereocenters. The van der Waals surface area contributed by atoms with Gasteiger partial charge in [0.05, 0.1) is 0 Å². The second kappa shape index (κ2) is 10.2. The molecule has 0 unspecified atom stereocenters. The third kappa shape index (κ3) is 6.95. The first-order valence-corrected chi connectivity index (χ1v) is 7.92. The van der Waals surface area contributed by atoms with Gasteiger partial charge in [-0.3, -0.25) is 9.69 Å². The van der Waals surface area contributed by atoms with Crippen LogP contribution in [0.5, 0.6) is 0 Å². The summed E-state index contributed by atoms with van der Waals surface area (Å²) in [4.78, 5) is 17.0. The lowest BCUT2D eigenvalue weighted by Gasteiger charge is -2.32. The number of hydrogen-bond donors (Lipinski definition) is 2. The van der Waals surface area contributed by atoms with E-state index in [9.17, 15) is 4.79 Å². The number of rotatable bonds is 5. The largest absolute Gasteiger partial charge is 0.346 e. The molecule has 0 spiro atoms. The highest BCUT2D eigenvalue weighted by Crippen LogP contribution is 2.11. The first-order valence-electron chi connectivity index (χ1n) is 7.92. The summed E-state index contributed by atoms with van der Waals surface area (Å²) in [5.74, 6) is -0.0680. The van der Waals surface area contributed by atoms with E-state index in [2.05, 4.69) is 22.2 Å². The Kier molecular flexibility index (Phi) is 9.85. The molecule has 24 heavy (non-hydrogen) atoms. The molecule has 3 N–H and O–H groups in total. The lowest BCUT2D eigenvalue weighted by molar-refractivity contribution is 0.0915. The van der Waals surface area contributed by atoms with E-state index >= 15 is 0 Å². The molecule has 0 aliphatic carbocycles. The van der Waals surface area contributed by atoms with Crippen molar-refractivity contribution in [1.82, 2.24) is 15.1 Å². The molecule has 138 valence electrons. The average Bonchev–Trinajstić information content (AvgIpc) is 2.50. The maximum absolute atomic E-state index is 12.2. The highest BCUT2D eigenvalue weighted by molar-refractivity contribution is 5.94. The second-order valence-corrected chi connectivity index (χ2v) is 6.82. The highest BCUT2D eigenvalue weighted by Gasteiger charge is 2.19. The van der Waals surface area contributed by atoms with Crippen LogP contribution in [-0.2, 0) is 6.54 Å². The number of carbonyl (C=O) groups is 1. The highest BCUT2D eigenvalue weighted by atomic mass is 35.5. The van der Waals surface area contributed by atoms with E-state index in [1.165, 1.54) is 5.56 Å². The van der Waals surface area contributed by atoms with Crippen LogP contribution in [0.2, 0.25) is 0 Å². The molecule has 0 aromatic heterocycles. The Morgan fingerprint density at radius 2 is 1.67 bits per heavy atom. The molecule has 1 aromatic carbocycles. The van der Waals surface area contributed by atoms with Gasteiger partial charge in [-0.05, 0) is 38.6 Å². The van der Waals surface area contributed by atoms with E-state index in [1.54, 1.807) is 0 Å². The molecule has 1 fully saturated rings. The van der Waals surface area contributed by atoms with Gasteiger partial charge in [-0.25, -0.2) is 0 Å². The van der Waals surface area contributed by atoms with Crippen molar-refractivity contribution < 1.29 is 4.79 Å². The van der Waals surface area contributed by atoms with Crippen molar-refractivity contribution in [3.63, 3.8) is 0 Å². The van der Waals surface area contributed by atoms with Crippen LogP contribution in [0.1, 0.15) is 29.8 Å². The van der Waals surface area contributed by atoms with Crippen LogP contribution in [0.25, 0.3) is 0 Å². The predicted octanol–water partition coefficient (Wildman–Crippen LogP) is 1.74. The van der Waals surface area contributed by atoms with Crippen molar-refractivity contribution >= 4 is 30.7 Å². The minimum atomic E-state index is -0.379. The van der Waals surface area contributed by atoms with Gasteiger partial charge in [-0.2, -0.15) is 0 Å². The summed E-state index contributed by atoms with van der Waals surface area (Å²) >= 11 is 0. The molecule has 0 radical (unpaired) electrons. The first kappa shape index (κ1) is 23.1. The Hall–Kier alpha value is -0.850. The molecule has 1 saturated heterocycles. The zero-order valence-corrected chi connectivity index (χ0v) is 16.4. The lowest BCUT2D eigenvalue weighted by Crippen LogP contribution is -2.48. The molecule has 1 amide bonds. The molecule has 5 nitrogen and oxygen atoms in total. The number of benzene rings is 1. The maximum Gasteiger partial charge on any atom is 0.251 e. The van der Waals surface area contributed by atoms with Gasteiger partial charge in [-0.15, -0.1) is 24.8 Å². The van der Waals surface area contributed by atoms with E-state index in [-0.39, 0.29) is 36.3 Å². The number of nitrogens with two attached hydrogens (primary N) is 1.